The molecule has 0 heterocycles. The molecule has 0 fully saturated rings. The van der Waals surface area contributed by atoms with Crippen molar-refractivity contribution in [2.75, 3.05) is 13.2 Å². The molecule has 0 radical (unpaired) electrons. The largest absolute Gasteiger partial charge is 1.00 e. The summed E-state index contributed by atoms with van der Waals surface area (Å²) in [6, 6.07) is 7.20. The van der Waals surface area contributed by atoms with E-state index in [0.29, 0.717) is 24.2 Å². The third kappa shape index (κ3) is 8.49. The first-order valence-corrected chi connectivity index (χ1v) is 11.3. The molecular weight excluding hydrogens is 466 g/mol. The topological polar surface area (TPSA) is 116 Å². The third-order valence-electron chi connectivity index (χ3n) is 5.53. The van der Waals surface area contributed by atoms with Gasteiger partial charge in [-0.1, -0.05) is 33.3 Å². The molecule has 0 aliphatic carbocycles. The van der Waals surface area contributed by atoms with E-state index in [2.05, 4.69) is 0 Å². The van der Waals surface area contributed by atoms with Crippen molar-refractivity contribution >= 4 is 11.8 Å². The second-order valence-electron chi connectivity index (χ2n) is 8.92. The van der Waals surface area contributed by atoms with E-state index in [-0.39, 0.29) is 77.6 Å². The van der Waals surface area contributed by atoms with E-state index in [4.69, 9.17) is 9.47 Å². The van der Waals surface area contributed by atoms with Crippen LogP contribution in [0.25, 0.3) is 0 Å². The van der Waals surface area contributed by atoms with Gasteiger partial charge >= 0.3 is 29.6 Å². The fourth-order valence-corrected chi connectivity index (χ4v) is 3.68. The summed E-state index contributed by atoms with van der Waals surface area (Å²) in [6.07, 6.45) is 0.197. The number of phenolic OH excluding ortho intramolecular Hbond substituents is 1. The van der Waals surface area contributed by atoms with Crippen LogP contribution in [0.2, 0.25) is 0 Å². The third-order valence-corrected chi connectivity index (χ3v) is 5.53. The summed E-state index contributed by atoms with van der Waals surface area (Å²) >= 11 is 0. The van der Waals surface area contributed by atoms with Gasteiger partial charge < -0.3 is 29.6 Å². The quantitative estimate of drug-likeness (QED) is 0.238. The predicted octanol–water partition coefficient (Wildman–Crippen LogP) is 0.738. The van der Waals surface area contributed by atoms with Crippen molar-refractivity contribution in [1.82, 2.24) is 0 Å². The number of aromatic hydroxyl groups is 1. The first-order chi connectivity index (χ1) is 16.0. The molecule has 1 unspecified atom stereocenters. The minimum atomic E-state index is -1.29. The Morgan fingerprint density at radius 2 is 1.71 bits per heavy atom. The van der Waals surface area contributed by atoms with E-state index in [1.807, 2.05) is 6.92 Å². The van der Waals surface area contributed by atoms with Crippen molar-refractivity contribution in [2.24, 2.45) is 5.41 Å². The number of aliphatic hydroxyl groups is 1. The van der Waals surface area contributed by atoms with E-state index in [1.165, 1.54) is 25.1 Å². The van der Waals surface area contributed by atoms with Gasteiger partial charge in [0, 0.05) is 23.4 Å². The average molecular weight is 499 g/mol. The van der Waals surface area contributed by atoms with E-state index in [1.54, 1.807) is 19.9 Å². The van der Waals surface area contributed by atoms with Crippen LogP contribution in [0.15, 0.2) is 30.3 Å². The number of halogens is 1. The van der Waals surface area contributed by atoms with Gasteiger partial charge in [0.15, 0.2) is 17.3 Å². The molecule has 0 aliphatic rings. The number of carboxylic acid groups (broad SMARTS) is 1. The Bertz CT molecular complexity index is 1020. The number of aliphatic hydroxyl groups excluding tert-OH is 1. The van der Waals surface area contributed by atoms with Crippen LogP contribution in [0.5, 0.6) is 17.2 Å². The fraction of sp³-hybridized carbons (Fsp3) is 0.462. The number of ether oxygens (including phenoxy) is 2. The van der Waals surface area contributed by atoms with Crippen molar-refractivity contribution in [2.45, 2.75) is 59.5 Å². The Morgan fingerprint density at radius 3 is 2.26 bits per heavy atom. The molecule has 35 heavy (non-hydrogen) atoms. The van der Waals surface area contributed by atoms with Crippen LogP contribution in [-0.2, 0) is 11.2 Å². The van der Waals surface area contributed by atoms with Gasteiger partial charge in [-0.25, -0.2) is 4.39 Å². The van der Waals surface area contributed by atoms with Crippen LogP contribution in [0.1, 0.15) is 74.5 Å². The molecule has 0 aromatic heterocycles. The Kier molecular flexibility index (Phi) is 12.2. The van der Waals surface area contributed by atoms with Crippen molar-refractivity contribution in [3.8, 4) is 17.2 Å². The summed E-state index contributed by atoms with van der Waals surface area (Å²) in [5.41, 5.74) is 0.0550. The van der Waals surface area contributed by atoms with Gasteiger partial charge in [0.05, 0.1) is 24.9 Å². The number of hydrogen-bond donors (Lipinski definition) is 2. The number of aliphatic carboxylic acids is 1. The maximum Gasteiger partial charge on any atom is 1.00 e. The zero-order valence-corrected chi connectivity index (χ0v) is 23.0. The number of hydrogen-bond acceptors (Lipinski definition) is 7. The number of carbonyl (C=O) groups excluding carboxylic acids is 2. The van der Waals surface area contributed by atoms with Gasteiger partial charge in [0.2, 0.25) is 0 Å². The van der Waals surface area contributed by atoms with Gasteiger partial charge in [-0.05, 0) is 49.6 Å². The van der Waals surface area contributed by atoms with Gasteiger partial charge in [-0.15, -0.1) is 0 Å². The molecule has 2 aromatic rings. The number of benzene rings is 2. The molecule has 9 heteroatoms. The van der Waals surface area contributed by atoms with Crippen molar-refractivity contribution in [3.05, 3.63) is 52.8 Å². The second kappa shape index (κ2) is 13.8. The minimum Gasteiger partial charge on any atom is -0.550 e. The summed E-state index contributed by atoms with van der Waals surface area (Å²) in [6.45, 7) is 6.90. The molecule has 186 valence electrons. The van der Waals surface area contributed by atoms with E-state index >= 15 is 0 Å². The Morgan fingerprint density at radius 1 is 1.11 bits per heavy atom. The number of rotatable bonds is 13. The molecule has 7 nitrogen and oxygen atoms in total. The van der Waals surface area contributed by atoms with Crippen LogP contribution in [0, 0.1) is 11.2 Å². The standard InChI is InChI=1S/C26H33FO7.Na/c1-5-7-19-21(11-9-18(16(2)28)24(19)31)33-12-6-13-34-22-10-8-17(14-20(22)27)25(32)26(3,4)15-23(29)30;/h8-11,14,25,31-32H,5-7,12-13,15H2,1-4H3,(H,29,30);/q;+1/p-1. The number of Topliss-reactive ketones (excluding diaryl/α,β-unsaturated/α-hetero) is 1. The van der Waals surface area contributed by atoms with Gasteiger partial charge in [0.25, 0.3) is 0 Å². The Labute approximate surface area is 227 Å². The number of carboxylic acids is 1. The Balaban J connectivity index is 0.00000612. The van der Waals surface area contributed by atoms with E-state index in [0.717, 1.165) is 12.5 Å². The summed E-state index contributed by atoms with van der Waals surface area (Å²) in [4.78, 5) is 22.5. The molecular formula is C26H32FNaO7. The minimum absolute atomic E-state index is 0. The van der Waals surface area contributed by atoms with Crippen LogP contribution < -0.4 is 44.1 Å². The fourth-order valence-electron chi connectivity index (χ4n) is 3.68. The first kappa shape index (κ1) is 30.9. The van der Waals surface area contributed by atoms with Gasteiger partial charge in [-0.2, -0.15) is 0 Å². The SMILES string of the molecule is CCCc1c(OCCCOc2ccc(C(O)C(C)(C)CC(=O)[O-])cc2F)ccc(C(C)=O)c1O.[Na+]. The smallest absolute Gasteiger partial charge is 0.550 e. The molecule has 2 rings (SSSR count). The molecule has 0 amide bonds. The molecule has 1 atom stereocenters. The summed E-state index contributed by atoms with van der Waals surface area (Å²) < 4.78 is 25.7. The van der Waals surface area contributed by atoms with Crippen LogP contribution >= 0.6 is 0 Å². The second-order valence-corrected chi connectivity index (χ2v) is 8.92. The van der Waals surface area contributed by atoms with Crippen LogP contribution in [0.4, 0.5) is 4.39 Å². The Hall–Kier alpha value is -2.13. The zero-order valence-electron chi connectivity index (χ0n) is 21.0. The van der Waals surface area contributed by atoms with Crippen molar-refractivity contribution in [3.63, 3.8) is 0 Å². The maximum absolute atomic E-state index is 14.5. The molecule has 0 spiro atoms. The molecule has 2 N–H and O–H groups in total. The molecule has 0 saturated carbocycles. The number of phenols is 1. The molecule has 0 bridgehead atoms. The van der Waals surface area contributed by atoms with Gasteiger partial charge in [0.1, 0.15) is 11.5 Å². The summed E-state index contributed by atoms with van der Waals surface area (Å²) in [5, 5.41) is 31.7. The molecule has 0 aliphatic heterocycles. The number of carbonyl (C=O) groups is 2. The average Bonchev–Trinajstić information content (AvgIpc) is 2.75. The zero-order chi connectivity index (χ0) is 25.5. The summed E-state index contributed by atoms with van der Waals surface area (Å²) in [7, 11) is 0. The maximum atomic E-state index is 14.5. The normalized spacial score (nSPS) is 11.9. The number of ketones is 1. The predicted molar refractivity (Wildman–Crippen MR) is 122 cm³/mol. The summed E-state index contributed by atoms with van der Waals surface area (Å²) in [5.74, 6) is -1.75. The van der Waals surface area contributed by atoms with Crippen LogP contribution in [0.3, 0.4) is 0 Å². The molecule has 0 saturated heterocycles. The van der Waals surface area contributed by atoms with Crippen molar-refractivity contribution in [1.29, 1.82) is 0 Å². The molecule has 2 aromatic carbocycles. The monoisotopic (exact) mass is 498 g/mol. The van der Waals surface area contributed by atoms with Gasteiger partial charge in [-0.3, -0.25) is 4.79 Å². The van der Waals surface area contributed by atoms with Crippen molar-refractivity contribution < 1.29 is 68.3 Å². The van der Waals surface area contributed by atoms with E-state index in [9.17, 15) is 29.3 Å². The van der Waals surface area contributed by atoms with E-state index < -0.39 is 23.3 Å². The van der Waals surface area contributed by atoms with Crippen LogP contribution in [-0.4, -0.2) is 35.2 Å². The first-order valence-electron chi connectivity index (χ1n) is 11.3.